The van der Waals surface area contributed by atoms with Crippen molar-refractivity contribution in [3.63, 3.8) is 0 Å². The lowest BCUT2D eigenvalue weighted by atomic mass is 9.98. The summed E-state index contributed by atoms with van der Waals surface area (Å²) in [5, 5.41) is 10.9. The molecule has 1 aromatic heterocycles. The van der Waals surface area contributed by atoms with Crippen molar-refractivity contribution in [3.05, 3.63) is 77.5 Å². The van der Waals surface area contributed by atoms with Crippen LogP contribution in [0.4, 0.5) is 0 Å². The second-order valence-corrected chi connectivity index (χ2v) is 7.67. The quantitative estimate of drug-likeness (QED) is 0.715. The van der Waals surface area contributed by atoms with Crippen molar-refractivity contribution in [1.82, 2.24) is 9.88 Å². The van der Waals surface area contributed by atoms with Crippen LogP contribution in [0.5, 0.6) is 0 Å². The lowest BCUT2D eigenvalue weighted by Gasteiger charge is -2.18. The zero-order valence-corrected chi connectivity index (χ0v) is 16.1. The maximum atomic E-state index is 12.7. The van der Waals surface area contributed by atoms with E-state index in [1.807, 2.05) is 60.7 Å². The first-order valence-corrected chi connectivity index (χ1v) is 9.23. The first-order valence-electron chi connectivity index (χ1n) is 9.23. The summed E-state index contributed by atoms with van der Waals surface area (Å²) < 4.78 is 0. The van der Waals surface area contributed by atoms with Gasteiger partial charge in [0.05, 0.1) is 23.4 Å². The molecule has 0 unspecified atom stereocenters. The van der Waals surface area contributed by atoms with Crippen LogP contribution >= 0.6 is 0 Å². The first-order chi connectivity index (χ1) is 12.8. The Balaban J connectivity index is 1.65. The third kappa shape index (κ3) is 5.14. The maximum absolute atomic E-state index is 12.7. The van der Waals surface area contributed by atoms with Crippen LogP contribution in [0.3, 0.4) is 0 Å². The number of benzene rings is 2. The molecule has 4 heteroatoms. The van der Waals surface area contributed by atoms with E-state index in [1.54, 1.807) is 25.8 Å². The molecule has 2 aromatic carbocycles. The standard InChI is InChI=1S/C23H26N2O2/c1-23(2,27)15-14-17-8-10-19(11-9-17)22(26)25(3)16-20-13-12-18-6-4-5-7-21(18)24-20/h4-13,27H,14-16H2,1-3H3. The van der Waals surface area contributed by atoms with Crippen molar-refractivity contribution in [2.24, 2.45) is 0 Å². The summed E-state index contributed by atoms with van der Waals surface area (Å²) in [6.45, 7) is 4.07. The number of carbonyl (C=O) groups excluding carboxylic acids is 1. The minimum absolute atomic E-state index is 0.0287. The topological polar surface area (TPSA) is 53.4 Å². The summed E-state index contributed by atoms with van der Waals surface area (Å²) in [7, 11) is 1.79. The number of aliphatic hydroxyl groups is 1. The highest BCUT2D eigenvalue weighted by atomic mass is 16.3. The number of amides is 1. The summed E-state index contributed by atoms with van der Waals surface area (Å²) in [6, 6.07) is 19.6. The molecule has 0 saturated heterocycles. The van der Waals surface area contributed by atoms with E-state index in [4.69, 9.17) is 0 Å². The summed E-state index contributed by atoms with van der Waals surface area (Å²) in [5.41, 5.74) is 2.90. The molecule has 140 valence electrons. The van der Waals surface area contributed by atoms with Crippen LogP contribution in [0, 0.1) is 0 Å². The number of para-hydroxylation sites is 1. The molecule has 27 heavy (non-hydrogen) atoms. The van der Waals surface area contributed by atoms with Gasteiger partial charge in [-0.3, -0.25) is 9.78 Å². The predicted octanol–water partition coefficient (Wildman–Crippen LogP) is 4.21. The number of nitrogens with zero attached hydrogens (tertiary/aromatic N) is 2. The van der Waals surface area contributed by atoms with E-state index in [-0.39, 0.29) is 5.91 Å². The summed E-state index contributed by atoms with van der Waals surface area (Å²) in [4.78, 5) is 19.0. The Morgan fingerprint density at radius 3 is 2.44 bits per heavy atom. The second kappa shape index (κ2) is 7.89. The highest BCUT2D eigenvalue weighted by Gasteiger charge is 2.14. The number of hydrogen-bond acceptors (Lipinski definition) is 3. The molecule has 0 aliphatic carbocycles. The third-order valence-corrected chi connectivity index (χ3v) is 4.63. The van der Waals surface area contributed by atoms with Crippen molar-refractivity contribution in [2.75, 3.05) is 7.05 Å². The van der Waals surface area contributed by atoms with Crippen LogP contribution in [0.15, 0.2) is 60.7 Å². The monoisotopic (exact) mass is 362 g/mol. The molecule has 0 spiro atoms. The van der Waals surface area contributed by atoms with Gasteiger partial charge in [-0.1, -0.05) is 36.4 Å². The fraction of sp³-hybridized carbons (Fsp3) is 0.304. The first kappa shape index (κ1) is 19.1. The van der Waals surface area contributed by atoms with E-state index in [0.717, 1.165) is 28.6 Å². The average molecular weight is 362 g/mol. The van der Waals surface area contributed by atoms with E-state index in [0.29, 0.717) is 18.5 Å². The van der Waals surface area contributed by atoms with Crippen molar-refractivity contribution in [3.8, 4) is 0 Å². The van der Waals surface area contributed by atoms with Crippen LogP contribution in [0.1, 0.15) is 41.9 Å². The number of aromatic nitrogens is 1. The molecule has 1 amide bonds. The molecule has 0 bridgehead atoms. The Bertz CT molecular complexity index is 927. The van der Waals surface area contributed by atoms with Gasteiger partial charge in [0.15, 0.2) is 0 Å². The number of hydrogen-bond donors (Lipinski definition) is 1. The van der Waals surface area contributed by atoms with Gasteiger partial charge in [-0.2, -0.15) is 0 Å². The van der Waals surface area contributed by atoms with E-state index >= 15 is 0 Å². The number of carbonyl (C=O) groups is 1. The molecule has 3 rings (SSSR count). The molecule has 0 atom stereocenters. The summed E-state index contributed by atoms with van der Waals surface area (Å²) in [5.74, 6) is -0.0287. The van der Waals surface area contributed by atoms with Crippen LogP contribution < -0.4 is 0 Å². The highest BCUT2D eigenvalue weighted by molar-refractivity contribution is 5.94. The van der Waals surface area contributed by atoms with Crippen LogP contribution in [-0.4, -0.2) is 33.5 Å². The molecule has 0 aliphatic heterocycles. The van der Waals surface area contributed by atoms with E-state index in [2.05, 4.69) is 4.98 Å². The number of rotatable bonds is 6. The van der Waals surface area contributed by atoms with Crippen molar-refractivity contribution in [1.29, 1.82) is 0 Å². The van der Waals surface area contributed by atoms with Crippen molar-refractivity contribution < 1.29 is 9.90 Å². The SMILES string of the molecule is CN(Cc1ccc2ccccc2n1)C(=O)c1ccc(CCC(C)(C)O)cc1. The van der Waals surface area contributed by atoms with Crippen LogP contribution in [-0.2, 0) is 13.0 Å². The van der Waals surface area contributed by atoms with Crippen LogP contribution in [0.2, 0.25) is 0 Å². The Morgan fingerprint density at radius 2 is 1.74 bits per heavy atom. The van der Waals surface area contributed by atoms with E-state index < -0.39 is 5.60 Å². The molecule has 1 heterocycles. The lowest BCUT2D eigenvalue weighted by molar-refractivity contribution is 0.0713. The fourth-order valence-electron chi connectivity index (χ4n) is 3.00. The van der Waals surface area contributed by atoms with Crippen molar-refractivity contribution >= 4 is 16.8 Å². The fourth-order valence-corrected chi connectivity index (χ4v) is 3.00. The number of pyridine rings is 1. The van der Waals surface area contributed by atoms with Gasteiger partial charge in [0.1, 0.15) is 0 Å². The highest BCUT2D eigenvalue weighted by Crippen LogP contribution is 2.16. The predicted molar refractivity (Wildman–Crippen MR) is 109 cm³/mol. The number of aryl methyl sites for hydroxylation is 1. The largest absolute Gasteiger partial charge is 0.390 e. The third-order valence-electron chi connectivity index (χ3n) is 4.63. The van der Waals surface area contributed by atoms with Gasteiger partial charge in [0, 0.05) is 18.0 Å². The van der Waals surface area contributed by atoms with Crippen LogP contribution in [0.25, 0.3) is 10.9 Å². The molecule has 3 aromatic rings. The lowest BCUT2D eigenvalue weighted by Crippen LogP contribution is -2.26. The molecular weight excluding hydrogens is 336 g/mol. The Morgan fingerprint density at radius 1 is 1.04 bits per heavy atom. The molecule has 1 N–H and O–H groups in total. The molecule has 0 fully saturated rings. The van der Waals surface area contributed by atoms with Gasteiger partial charge >= 0.3 is 0 Å². The Kier molecular flexibility index (Phi) is 5.57. The average Bonchev–Trinajstić information content (AvgIpc) is 2.65. The van der Waals surface area contributed by atoms with Crippen molar-refractivity contribution in [2.45, 2.75) is 38.8 Å². The summed E-state index contributed by atoms with van der Waals surface area (Å²) in [6.07, 6.45) is 1.47. The van der Waals surface area contributed by atoms with Gasteiger partial charge in [0.2, 0.25) is 0 Å². The van der Waals surface area contributed by atoms with Gasteiger partial charge in [-0.05, 0) is 56.5 Å². The second-order valence-electron chi connectivity index (χ2n) is 7.67. The zero-order valence-electron chi connectivity index (χ0n) is 16.1. The normalized spacial score (nSPS) is 11.6. The Labute approximate surface area is 160 Å². The molecule has 4 nitrogen and oxygen atoms in total. The van der Waals surface area contributed by atoms with E-state index in [9.17, 15) is 9.90 Å². The maximum Gasteiger partial charge on any atom is 0.253 e. The van der Waals surface area contributed by atoms with Gasteiger partial charge in [-0.15, -0.1) is 0 Å². The molecular formula is C23H26N2O2. The summed E-state index contributed by atoms with van der Waals surface area (Å²) >= 11 is 0. The molecule has 0 radical (unpaired) electrons. The minimum Gasteiger partial charge on any atom is -0.390 e. The van der Waals surface area contributed by atoms with Gasteiger partial charge in [-0.25, -0.2) is 0 Å². The molecule has 0 aliphatic rings. The Hall–Kier alpha value is -2.72. The van der Waals surface area contributed by atoms with E-state index in [1.165, 1.54) is 0 Å². The zero-order chi connectivity index (χ0) is 19.4. The molecule has 0 saturated carbocycles. The minimum atomic E-state index is -0.679. The van der Waals surface area contributed by atoms with Gasteiger partial charge < -0.3 is 10.0 Å². The smallest absolute Gasteiger partial charge is 0.253 e. The number of fused-ring (bicyclic) bond motifs is 1. The van der Waals surface area contributed by atoms with Gasteiger partial charge in [0.25, 0.3) is 5.91 Å².